The summed E-state index contributed by atoms with van der Waals surface area (Å²) in [5.41, 5.74) is -0.497. The molecule has 1 fully saturated rings. The minimum Gasteiger partial charge on any atom is -0.496 e. The van der Waals surface area contributed by atoms with Crippen LogP contribution in [0.15, 0.2) is 36.4 Å². The van der Waals surface area contributed by atoms with Gasteiger partial charge in [-0.05, 0) is 48.6 Å². The number of nitrogens with one attached hydrogen (secondary N) is 1. The van der Waals surface area contributed by atoms with Crippen molar-refractivity contribution in [2.45, 2.75) is 32.4 Å². The van der Waals surface area contributed by atoms with Gasteiger partial charge in [-0.2, -0.15) is 0 Å². The molecule has 1 atom stereocenters. The van der Waals surface area contributed by atoms with Crippen LogP contribution in [0.3, 0.4) is 0 Å². The zero-order valence-corrected chi connectivity index (χ0v) is 18.5. The topological polar surface area (TPSA) is 92.8 Å². The van der Waals surface area contributed by atoms with E-state index in [0.29, 0.717) is 28.1 Å². The molecule has 0 spiro atoms. The molecule has 7 nitrogen and oxygen atoms in total. The lowest BCUT2D eigenvalue weighted by Crippen LogP contribution is -2.34. The average Bonchev–Trinajstić information content (AvgIpc) is 3.53. The Morgan fingerprint density at radius 3 is 2.68 bits per heavy atom. The van der Waals surface area contributed by atoms with Gasteiger partial charge in [0, 0.05) is 21.5 Å². The van der Waals surface area contributed by atoms with Gasteiger partial charge in [0.05, 0.1) is 30.1 Å². The Kier molecular flexibility index (Phi) is 4.87. The van der Waals surface area contributed by atoms with E-state index in [1.807, 2.05) is 0 Å². The summed E-state index contributed by atoms with van der Waals surface area (Å²) in [7, 11) is -2.71. The zero-order chi connectivity index (χ0) is 24.1. The van der Waals surface area contributed by atoms with Crippen LogP contribution in [0, 0.1) is 12.8 Å². The Labute approximate surface area is 185 Å². The van der Waals surface area contributed by atoms with Gasteiger partial charge in [-0.25, -0.2) is 8.42 Å². The second-order valence-electron chi connectivity index (χ2n) is 8.06. The highest BCUT2D eigenvalue weighted by atomic mass is 32.2. The first-order valence-electron chi connectivity index (χ1n) is 11.0. The van der Waals surface area contributed by atoms with Gasteiger partial charge >= 0.3 is 0 Å². The minimum atomic E-state index is -4.22. The molecular formula is C23H26N2O5S. The first-order chi connectivity index (χ1) is 15.5. The van der Waals surface area contributed by atoms with E-state index in [1.165, 1.54) is 12.0 Å². The third kappa shape index (κ3) is 4.44. The average molecular weight is 445 g/mol. The fraction of sp³-hybridized carbons (Fsp3) is 0.391. The van der Waals surface area contributed by atoms with Gasteiger partial charge in [0.2, 0.25) is 5.91 Å². The van der Waals surface area contributed by atoms with Crippen molar-refractivity contribution in [3.8, 4) is 5.75 Å². The lowest BCUT2D eigenvalue weighted by atomic mass is 10.0. The zero-order valence-electron chi connectivity index (χ0n) is 19.6. The van der Waals surface area contributed by atoms with Crippen molar-refractivity contribution in [3.05, 3.63) is 58.7 Å². The monoisotopic (exact) mass is 444 g/mol. The first-order valence-corrected chi connectivity index (χ1v) is 11.9. The van der Waals surface area contributed by atoms with Gasteiger partial charge in [0.15, 0.2) is 0 Å². The Balaban J connectivity index is 1.78. The summed E-state index contributed by atoms with van der Waals surface area (Å²) in [6.45, 7) is 1.79. The second kappa shape index (κ2) is 8.00. The Hall–Kier alpha value is -2.87. The fourth-order valence-electron chi connectivity index (χ4n) is 3.86. The number of aryl methyl sites for hydroxylation is 1. The van der Waals surface area contributed by atoms with E-state index in [-0.39, 0.29) is 23.9 Å². The van der Waals surface area contributed by atoms with Gasteiger partial charge in [0.25, 0.3) is 5.91 Å². The van der Waals surface area contributed by atoms with Crippen LogP contribution in [0.5, 0.6) is 5.75 Å². The van der Waals surface area contributed by atoms with Crippen molar-refractivity contribution in [2.75, 3.05) is 24.4 Å². The SMILES string of the molecule is [2H]C([2H])([C@H](c1ccc(OC)c(C)c1)N1Cc2cccc(NC(=O)C3CC3)c2C1=O)S(C)(=O)=O. The molecule has 164 valence electrons. The molecule has 2 aliphatic rings. The van der Waals surface area contributed by atoms with Crippen molar-refractivity contribution >= 4 is 27.3 Å². The van der Waals surface area contributed by atoms with Crippen LogP contribution in [0.25, 0.3) is 0 Å². The summed E-state index contributed by atoms with van der Waals surface area (Å²) in [5.74, 6) is -0.160. The van der Waals surface area contributed by atoms with Crippen molar-refractivity contribution in [1.82, 2.24) is 4.90 Å². The van der Waals surface area contributed by atoms with Crippen molar-refractivity contribution in [3.63, 3.8) is 0 Å². The molecule has 4 rings (SSSR count). The van der Waals surface area contributed by atoms with Crippen LogP contribution >= 0.6 is 0 Å². The summed E-state index contributed by atoms with van der Waals surface area (Å²) in [6, 6.07) is 8.53. The molecule has 1 saturated carbocycles. The number of carbonyl (C=O) groups is 2. The molecular weight excluding hydrogens is 416 g/mol. The van der Waals surface area contributed by atoms with Crippen molar-refractivity contribution < 1.29 is 25.5 Å². The molecule has 0 saturated heterocycles. The Morgan fingerprint density at radius 1 is 1.32 bits per heavy atom. The smallest absolute Gasteiger partial charge is 0.257 e. The summed E-state index contributed by atoms with van der Waals surface area (Å²) in [4.78, 5) is 27.1. The maximum absolute atomic E-state index is 13.6. The van der Waals surface area contributed by atoms with E-state index < -0.39 is 27.5 Å². The van der Waals surface area contributed by atoms with Crippen molar-refractivity contribution in [1.29, 1.82) is 0 Å². The number of ether oxygens (including phenoxy) is 1. The highest BCUT2D eigenvalue weighted by Crippen LogP contribution is 2.38. The number of amides is 2. The Morgan fingerprint density at radius 2 is 2.06 bits per heavy atom. The number of sulfone groups is 1. The number of methoxy groups -OCH3 is 1. The molecule has 31 heavy (non-hydrogen) atoms. The maximum atomic E-state index is 13.6. The van der Waals surface area contributed by atoms with Gasteiger partial charge in [-0.1, -0.05) is 24.3 Å². The molecule has 0 radical (unpaired) electrons. The van der Waals surface area contributed by atoms with E-state index in [9.17, 15) is 18.0 Å². The predicted octanol–water partition coefficient (Wildman–Crippen LogP) is 3.09. The standard InChI is InChI=1S/C23H26N2O5S/c1-14-11-16(9-10-20(14)30-2)19(13-31(3,28)29)25-12-17-5-4-6-18(21(17)23(25)27)24-22(26)15-7-8-15/h4-6,9-11,15,19H,7-8,12-13H2,1-3H3,(H,24,26)/t19-/m1/s1/i13D2. The van der Waals surface area contributed by atoms with Crippen LogP contribution in [0.4, 0.5) is 5.69 Å². The first kappa shape index (κ1) is 18.9. The normalized spacial score (nSPS) is 18.2. The lowest BCUT2D eigenvalue weighted by Gasteiger charge is -2.28. The quantitative estimate of drug-likeness (QED) is 0.708. The molecule has 0 unspecified atom stereocenters. The van der Waals surface area contributed by atoms with E-state index in [1.54, 1.807) is 43.3 Å². The lowest BCUT2D eigenvalue weighted by molar-refractivity contribution is -0.117. The van der Waals surface area contributed by atoms with E-state index in [0.717, 1.165) is 19.1 Å². The molecule has 0 aromatic heterocycles. The summed E-state index contributed by atoms with van der Waals surface area (Å²) in [6.07, 6.45) is 2.45. The molecule has 1 aliphatic carbocycles. The summed E-state index contributed by atoms with van der Waals surface area (Å²) >= 11 is 0. The van der Waals surface area contributed by atoms with Gasteiger partial charge in [-0.3, -0.25) is 9.59 Å². The van der Waals surface area contributed by atoms with E-state index in [4.69, 9.17) is 7.48 Å². The molecule has 0 bridgehead atoms. The number of anilines is 1. The van der Waals surface area contributed by atoms with Crippen LogP contribution in [-0.2, 0) is 21.2 Å². The number of carbonyl (C=O) groups excluding carboxylic acids is 2. The van der Waals surface area contributed by atoms with Gasteiger partial charge < -0.3 is 15.0 Å². The minimum absolute atomic E-state index is 0.0199. The number of hydrogen-bond acceptors (Lipinski definition) is 5. The molecule has 2 aromatic rings. The molecule has 8 heteroatoms. The largest absolute Gasteiger partial charge is 0.496 e. The summed E-state index contributed by atoms with van der Waals surface area (Å²) < 4.78 is 47.3. The van der Waals surface area contributed by atoms with E-state index in [2.05, 4.69) is 5.32 Å². The van der Waals surface area contributed by atoms with Crippen LogP contribution in [0.2, 0.25) is 0 Å². The maximum Gasteiger partial charge on any atom is 0.257 e. The van der Waals surface area contributed by atoms with Crippen LogP contribution < -0.4 is 10.1 Å². The molecule has 1 aliphatic heterocycles. The molecule has 1 N–H and O–H groups in total. The van der Waals surface area contributed by atoms with Crippen LogP contribution in [-0.4, -0.2) is 44.2 Å². The number of benzene rings is 2. The molecule has 1 heterocycles. The number of rotatable bonds is 7. The highest BCUT2D eigenvalue weighted by Gasteiger charge is 2.38. The van der Waals surface area contributed by atoms with Crippen molar-refractivity contribution in [2.24, 2.45) is 5.92 Å². The van der Waals surface area contributed by atoms with Crippen LogP contribution in [0.1, 0.15) is 48.7 Å². The number of fused-ring (bicyclic) bond motifs is 1. The van der Waals surface area contributed by atoms with Gasteiger partial charge in [-0.15, -0.1) is 0 Å². The number of hydrogen-bond donors (Lipinski definition) is 1. The predicted molar refractivity (Wildman–Crippen MR) is 118 cm³/mol. The number of nitrogens with zero attached hydrogens (tertiary/aromatic N) is 1. The Bertz CT molecular complexity index is 1240. The third-order valence-corrected chi connectivity index (χ3v) is 6.20. The fourth-order valence-corrected chi connectivity index (χ4v) is 4.53. The second-order valence-corrected chi connectivity index (χ2v) is 9.84. The molecule has 2 aromatic carbocycles. The van der Waals surface area contributed by atoms with E-state index >= 15 is 0 Å². The third-order valence-electron chi connectivity index (χ3n) is 5.54. The highest BCUT2D eigenvalue weighted by molar-refractivity contribution is 7.90. The summed E-state index contributed by atoms with van der Waals surface area (Å²) in [5, 5.41) is 2.81. The van der Waals surface area contributed by atoms with Gasteiger partial charge in [0.1, 0.15) is 15.6 Å². The molecule has 2 amide bonds.